The average Bonchev–Trinajstić information content (AvgIpc) is 2.45. The summed E-state index contributed by atoms with van der Waals surface area (Å²) in [5, 5.41) is 0. The Morgan fingerprint density at radius 1 is 1.00 bits per heavy atom. The summed E-state index contributed by atoms with van der Waals surface area (Å²) >= 11 is 0. The normalized spacial score (nSPS) is 11.2. The van der Waals surface area contributed by atoms with Crippen molar-refractivity contribution in [3.8, 4) is 22.6 Å². The fourth-order valence-corrected chi connectivity index (χ4v) is 1.88. The molecule has 2 nitrogen and oxygen atoms in total. The highest BCUT2D eigenvalue weighted by molar-refractivity contribution is 5.76. The van der Waals surface area contributed by atoms with Gasteiger partial charge in [-0.05, 0) is 18.2 Å². The summed E-state index contributed by atoms with van der Waals surface area (Å²) in [6, 6.07) is 11.2. The maximum Gasteiger partial charge on any atom is 0.416 e. The first-order chi connectivity index (χ1) is 9.47. The topological polar surface area (TPSA) is 18.5 Å². The first kappa shape index (κ1) is 14.2. The summed E-state index contributed by atoms with van der Waals surface area (Å²) in [5.41, 5.74) is 0.0354. The number of hydrogen-bond acceptors (Lipinski definition) is 2. The van der Waals surface area contributed by atoms with Gasteiger partial charge in [0.1, 0.15) is 11.5 Å². The fourth-order valence-electron chi connectivity index (χ4n) is 1.88. The van der Waals surface area contributed by atoms with E-state index in [4.69, 9.17) is 9.47 Å². The number of methoxy groups -OCH3 is 2. The maximum atomic E-state index is 12.8. The van der Waals surface area contributed by atoms with Gasteiger partial charge in [-0.2, -0.15) is 13.2 Å². The van der Waals surface area contributed by atoms with Crippen LogP contribution in [-0.2, 0) is 6.18 Å². The van der Waals surface area contributed by atoms with Crippen LogP contribution in [0.2, 0.25) is 0 Å². The third kappa shape index (κ3) is 2.71. The molecule has 0 amide bonds. The van der Waals surface area contributed by atoms with Crippen LogP contribution in [0.5, 0.6) is 11.5 Å². The Balaban J connectivity index is 2.65. The van der Waals surface area contributed by atoms with Gasteiger partial charge in [-0.25, -0.2) is 0 Å². The number of para-hydroxylation sites is 1. The summed E-state index contributed by atoms with van der Waals surface area (Å²) in [7, 11) is 2.85. The fraction of sp³-hybridized carbons (Fsp3) is 0.200. The van der Waals surface area contributed by atoms with Gasteiger partial charge in [0.2, 0.25) is 0 Å². The van der Waals surface area contributed by atoms with Crippen LogP contribution in [0.3, 0.4) is 0 Å². The predicted molar refractivity (Wildman–Crippen MR) is 68.8 cm³/mol. The standard InChI is InChI=1S/C15H12F3O2/c1-19-13-6-4-3-5-11(13)12-9-10(15(16,17)18)7-8-14(12)20-2/h3-7,9H,1-2H3. The van der Waals surface area contributed by atoms with E-state index < -0.39 is 11.7 Å². The summed E-state index contributed by atoms with van der Waals surface area (Å²) < 4.78 is 48.7. The largest absolute Gasteiger partial charge is 0.496 e. The van der Waals surface area contributed by atoms with Gasteiger partial charge in [-0.15, -0.1) is 0 Å². The molecule has 0 spiro atoms. The minimum Gasteiger partial charge on any atom is -0.496 e. The van der Waals surface area contributed by atoms with Gasteiger partial charge in [0, 0.05) is 17.2 Å². The molecule has 5 heteroatoms. The highest BCUT2D eigenvalue weighted by Crippen LogP contribution is 2.39. The van der Waals surface area contributed by atoms with Crippen LogP contribution in [0.15, 0.2) is 36.4 Å². The molecule has 0 fully saturated rings. The molecular formula is C15H12F3O2. The molecule has 0 unspecified atom stereocenters. The van der Waals surface area contributed by atoms with Crippen LogP contribution in [0.4, 0.5) is 13.2 Å². The van der Waals surface area contributed by atoms with Crippen molar-refractivity contribution in [1.82, 2.24) is 0 Å². The van der Waals surface area contributed by atoms with Gasteiger partial charge in [-0.3, -0.25) is 0 Å². The highest BCUT2D eigenvalue weighted by Gasteiger charge is 2.31. The Bertz CT molecular complexity index is 606. The van der Waals surface area contributed by atoms with Crippen LogP contribution < -0.4 is 9.47 Å². The summed E-state index contributed by atoms with van der Waals surface area (Å²) in [6.07, 6.45) is -4.43. The van der Waals surface area contributed by atoms with Crippen molar-refractivity contribution >= 4 is 0 Å². The maximum absolute atomic E-state index is 12.8. The van der Waals surface area contributed by atoms with E-state index in [0.717, 1.165) is 12.1 Å². The van der Waals surface area contributed by atoms with Gasteiger partial charge in [0.25, 0.3) is 0 Å². The molecule has 0 aliphatic carbocycles. The molecule has 105 valence electrons. The van der Waals surface area contributed by atoms with Crippen molar-refractivity contribution in [3.63, 3.8) is 0 Å². The molecule has 2 rings (SSSR count). The van der Waals surface area contributed by atoms with E-state index in [0.29, 0.717) is 16.9 Å². The SMILES string of the molecule is COc1[c]cc(C(F)(F)F)cc1-c1ccccc1OC. The number of hydrogen-bond donors (Lipinski definition) is 0. The second-order valence-electron chi connectivity index (χ2n) is 4.03. The third-order valence-corrected chi connectivity index (χ3v) is 2.83. The van der Waals surface area contributed by atoms with Crippen molar-refractivity contribution < 1.29 is 22.6 Å². The smallest absolute Gasteiger partial charge is 0.416 e. The molecule has 2 aromatic carbocycles. The van der Waals surface area contributed by atoms with Crippen LogP contribution in [0, 0.1) is 6.07 Å². The number of rotatable bonds is 3. The second-order valence-corrected chi connectivity index (χ2v) is 4.03. The first-order valence-corrected chi connectivity index (χ1v) is 5.77. The number of alkyl halides is 3. The van der Waals surface area contributed by atoms with Gasteiger partial charge in [0.15, 0.2) is 0 Å². The number of benzene rings is 2. The van der Waals surface area contributed by atoms with Crippen LogP contribution in [0.25, 0.3) is 11.1 Å². The molecule has 0 saturated carbocycles. The van der Waals surface area contributed by atoms with Gasteiger partial charge in [-0.1, -0.05) is 18.2 Å². The Morgan fingerprint density at radius 3 is 2.30 bits per heavy atom. The van der Waals surface area contributed by atoms with E-state index in [2.05, 4.69) is 6.07 Å². The molecule has 0 N–H and O–H groups in total. The average molecular weight is 281 g/mol. The number of halogens is 3. The zero-order valence-corrected chi connectivity index (χ0v) is 10.9. The molecule has 1 radical (unpaired) electrons. The zero-order chi connectivity index (χ0) is 14.8. The first-order valence-electron chi connectivity index (χ1n) is 5.77. The molecular weight excluding hydrogens is 269 g/mol. The second kappa shape index (κ2) is 5.45. The van der Waals surface area contributed by atoms with Crippen molar-refractivity contribution in [2.75, 3.05) is 14.2 Å². The van der Waals surface area contributed by atoms with Crippen LogP contribution in [0.1, 0.15) is 5.56 Å². The van der Waals surface area contributed by atoms with E-state index in [1.165, 1.54) is 14.2 Å². The van der Waals surface area contributed by atoms with E-state index in [-0.39, 0.29) is 5.75 Å². The molecule has 0 aliphatic rings. The van der Waals surface area contributed by atoms with E-state index in [1.807, 2.05) is 0 Å². The van der Waals surface area contributed by atoms with E-state index in [9.17, 15) is 13.2 Å². The summed E-state index contributed by atoms with van der Waals surface area (Å²) in [5.74, 6) is 0.709. The van der Waals surface area contributed by atoms with Gasteiger partial charge in [0.05, 0.1) is 19.8 Å². The van der Waals surface area contributed by atoms with E-state index in [1.54, 1.807) is 24.3 Å². The van der Waals surface area contributed by atoms with Crippen LogP contribution >= 0.6 is 0 Å². The third-order valence-electron chi connectivity index (χ3n) is 2.83. The monoisotopic (exact) mass is 281 g/mol. The molecule has 0 heterocycles. The van der Waals surface area contributed by atoms with Gasteiger partial charge >= 0.3 is 6.18 Å². The van der Waals surface area contributed by atoms with Crippen molar-refractivity contribution in [1.29, 1.82) is 0 Å². The lowest BCUT2D eigenvalue weighted by molar-refractivity contribution is -0.137. The van der Waals surface area contributed by atoms with Crippen molar-refractivity contribution in [2.24, 2.45) is 0 Å². The predicted octanol–water partition coefficient (Wildman–Crippen LogP) is 4.19. The molecule has 2 aromatic rings. The van der Waals surface area contributed by atoms with Gasteiger partial charge < -0.3 is 9.47 Å². The minimum atomic E-state index is -4.43. The Labute approximate surface area is 114 Å². The van der Waals surface area contributed by atoms with E-state index >= 15 is 0 Å². The molecule has 20 heavy (non-hydrogen) atoms. The molecule has 0 saturated heterocycles. The van der Waals surface area contributed by atoms with Crippen molar-refractivity contribution in [2.45, 2.75) is 6.18 Å². The molecule has 0 bridgehead atoms. The number of ether oxygens (including phenoxy) is 2. The highest BCUT2D eigenvalue weighted by atomic mass is 19.4. The lowest BCUT2D eigenvalue weighted by Crippen LogP contribution is -2.05. The molecule has 0 atom stereocenters. The minimum absolute atomic E-state index is 0.238. The van der Waals surface area contributed by atoms with Crippen LogP contribution in [-0.4, -0.2) is 14.2 Å². The summed E-state index contributed by atoms with van der Waals surface area (Å²) in [6.45, 7) is 0. The summed E-state index contributed by atoms with van der Waals surface area (Å²) in [4.78, 5) is 0. The Kier molecular flexibility index (Phi) is 3.88. The molecule has 0 aromatic heterocycles. The Morgan fingerprint density at radius 2 is 1.70 bits per heavy atom. The quantitative estimate of drug-likeness (QED) is 0.839. The lowest BCUT2D eigenvalue weighted by Gasteiger charge is -2.14. The zero-order valence-electron chi connectivity index (χ0n) is 10.9. The Hall–Kier alpha value is -2.17. The van der Waals surface area contributed by atoms with Crippen molar-refractivity contribution in [3.05, 3.63) is 48.0 Å². The lowest BCUT2D eigenvalue weighted by atomic mass is 10.0. The molecule has 0 aliphatic heterocycles.